The molecule has 0 bridgehead atoms. The second kappa shape index (κ2) is 8.19. The van der Waals surface area contributed by atoms with Crippen molar-refractivity contribution in [3.05, 3.63) is 64.7 Å². The standard InChI is InChI=1S/C17H18ClN3O2/c1-19-16(22)14-11-13(7-8-15(14)18)21-17(23)20-10-9-12-5-3-2-4-6-12/h2-8,11H,9-10H2,1H3,(H,19,22)(H2,20,21,23). The SMILES string of the molecule is CNC(=O)c1cc(NC(=O)NCCc2ccccc2)ccc1Cl. The van der Waals surface area contributed by atoms with Gasteiger partial charge < -0.3 is 16.0 Å². The van der Waals surface area contributed by atoms with Gasteiger partial charge in [0.1, 0.15) is 0 Å². The third-order valence-corrected chi connectivity index (χ3v) is 3.57. The summed E-state index contributed by atoms with van der Waals surface area (Å²) in [5.74, 6) is -0.303. The molecule has 5 nitrogen and oxygen atoms in total. The van der Waals surface area contributed by atoms with Gasteiger partial charge in [-0.05, 0) is 30.2 Å². The number of nitrogens with one attached hydrogen (secondary N) is 3. The van der Waals surface area contributed by atoms with E-state index in [0.717, 1.165) is 12.0 Å². The van der Waals surface area contributed by atoms with Gasteiger partial charge in [-0.1, -0.05) is 41.9 Å². The zero-order valence-electron chi connectivity index (χ0n) is 12.7. The molecule has 23 heavy (non-hydrogen) atoms. The number of halogens is 1. The van der Waals surface area contributed by atoms with Gasteiger partial charge in [0, 0.05) is 19.3 Å². The molecule has 3 amide bonds. The Morgan fingerprint density at radius 2 is 1.83 bits per heavy atom. The van der Waals surface area contributed by atoms with E-state index in [1.165, 1.54) is 13.1 Å². The fraction of sp³-hybridized carbons (Fsp3) is 0.176. The lowest BCUT2D eigenvalue weighted by Gasteiger charge is -2.10. The molecule has 0 aromatic heterocycles. The lowest BCUT2D eigenvalue weighted by molar-refractivity contribution is 0.0963. The van der Waals surface area contributed by atoms with Crippen LogP contribution in [-0.2, 0) is 6.42 Å². The molecule has 2 aromatic carbocycles. The summed E-state index contributed by atoms with van der Waals surface area (Å²) < 4.78 is 0. The number of amides is 3. The summed E-state index contributed by atoms with van der Waals surface area (Å²) >= 11 is 5.97. The molecule has 0 atom stereocenters. The van der Waals surface area contributed by atoms with Crippen molar-refractivity contribution in [1.82, 2.24) is 10.6 Å². The molecule has 0 aliphatic carbocycles. The van der Waals surface area contributed by atoms with Crippen molar-refractivity contribution in [2.45, 2.75) is 6.42 Å². The van der Waals surface area contributed by atoms with E-state index in [0.29, 0.717) is 22.8 Å². The van der Waals surface area contributed by atoms with Gasteiger partial charge in [0.05, 0.1) is 10.6 Å². The van der Waals surface area contributed by atoms with Gasteiger partial charge in [0.15, 0.2) is 0 Å². The summed E-state index contributed by atoms with van der Waals surface area (Å²) in [5, 5.41) is 8.30. The first-order valence-electron chi connectivity index (χ1n) is 7.20. The minimum atomic E-state index is -0.328. The number of anilines is 1. The molecule has 0 radical (unpaired) electrons. The summed E-state index contributed by atoms with van der Waals surface area (Å²) in [6, 6.07) is 14.3. The molecule has 0 aliphatic heterocycles. The zero-order chi connectivity index (χ0) is 16.7. The van der Waals surface area contributed by atoms with E-state index in [-0.39, 0.29) is 11.9 Å². The molecule has 2 rings (SSSR count). The highest BCUT2D eigenvalue weighted by Crippen LogP contribution is 2.20. The van der Waals surface area contributed by atoms with Crippen molar-refractivity contribution in [3.8, 4) is 0 Å². The van der Waals surface area contributed by atoms with Gasteiger partial charge in [0.2, 0.25) is 0 Å². The third kappa shape index (κ3) is 5.00. The quantitative estimate of drug-likeness (QED) is 0.788. The molecule has 6 heteroatoms. The number of hydrogen-bond donors (Lipinski definition) is 3. The molecular formula is C17H18ClN3O2. The Balaban J connectivity index is 1.89. The maximum Gasteiger partial charge on any atom is 0.319 e. The van der Waals surface area contributed by atoms with Crippen LogP contribution in [0.25, 0.3) is 0 Å². The van der Waals surface area contributed by atoms with Crippen LogP contribution in [0.15, 0.2) is 48.5 Å². The predicted molar refractivity (Wildman–Crippen MR) is 92.0 cm³/mol. The number of carbonyl (C=O) groups excluding carboxylic acids is 2. The molecule has 0 saturated carbocycles. The molecular weight excluding hydrogens is 314 g/mol. The van der Waals surface area contributed by atoms with Crippen LogP contribution in [0.2, 0.25) is 5.02 Å². The highest BCUT2D eigenvalue weighted by molar-refractivity contribution is 6.34. The summed E-state index contributed by atoms with van der Waals surface area (Å²) in [5.41, 5.74) is 1.97. The molecule has 0 heterocycles. The van der Waals surface area contributed by atoms with Crippen LogP contribution in [-0.4, -0.2) is 25.5 Å². The van der Waals surface area contributed by atoms with Crippen LogP contribution in [0.3, 0.4) is 0 Å². The van der Waals surface area contributed by atoms with Crippen molar-refractivity contribution in [2.75, 3.05) is 18.9 Å². The van der Waals surface area contributed by atoms with Gasteiger partial charge in [-0.2, -0.15) is 0 Å². The van der Waals surface area contributed by atoms with Crippen LogP contribution in [0.4, 0.5) is 10.5 Å². The van der Waals surface area contributed by atoms with E-state index < -0.39 is 0 Å². The second-order valence-electron chi connectivity index (χ2n) is 4.89. The Labute approximate surface area is 140 Å². The Morgan fingerprint density at radius 1 is 1.09 bits per heavy atom. The van der Waals surface area contributed by atoms with E-state index in [4.69, 9.17) is 11.6 Å². The molecule has 0 unspecified atom stereocenters. The predicted octanol–water partition coefficient (Wildman–Crippen LogP) is 3.06. The van der Waals surface area contributed by atoms with Crippen molar-refractivity contribution >= 4 is 29.2 Å². The Hall–Kier alpha value is -2.53. The monoisotopic (exact) mass is 331 g/mol. The molecule has 0 saturated heterocycles. The summed E-state index contributed by atoms with van der Waals surface area (Å²) in [4.78, 5) is 23.6. The van der Waals surface area contributed by atoms with Crippen LogP contribution < -0.4 is 16.0 Å². The van der Waals surface area contributed by atoms with Gasteiger partial charge in [-0.25, -0.2) is 4.79 Å². The van der Waals surface area contributed by atoms with Crippen LogP contribution in [0.5, 0.6) is 0 Å². The van der Waals surface area contributed by atoms with E-state index in [2.05, 4.69) is 16.0 Å². The first kappa shape index (κ1) is 16.8. The second-order valence-corrected chi connectivity index (χ2v) is 5.30. The maximum absolute atomic E-state index is 11.9. The smallest absolute Gasteiger partial charge is 0.319 e. The van der Waals surface area contributed by atoms with Gasteiger partial charge in [0.25, 0.3) is 5.91 Å². The minimum absolute atomic E-state index is 0.303. The number of benzene rings is 2. The Kier molecular flexibility index (Phi) is 6.00. The van der Waals surface area contributed by atoms with Crippen molar-refractivity contribution in [2.24, 2.45) is 0 Å². The highest BCUT2D eigenvalue weighted by atomic mass is 35.5. The number of rotatable bonds is 5. The first-order chi connectivity index (χ1) is 11.1. The average Bonchev–Trinajstić information content (AvgIpc) is 2.57. The molecule has 120 valence electrons. The topological polar surface area (TPSA) is 70.2 Å². The Bertz CT molecular complexity index is 689. The number of urea groups is 1. The summed E-state index contributed by atoms with van der Waals surface area (Å²) in [6.07, 6.45) is 0.748. The van der Waals surface area contributed by atoms with Crippen molar-refractivity contribution < 1.29 is 9.59 Å². The molecule has 3 N–H and O–H groups in total. The van der Waals surface area contributed by atoms with Crippen molar-refractivity contribution in [3.63, 3.8) is 0 Å². The largest absolute Gasteiger partial charge is 0.355 e. The van der Waals surface area contributed by atoms with E-state index in [1.54, 1.807) is 12.1 Å². The maximum atomic E-state index is 11.9. The van der Waals surface area contributed by atoms with E-state index in [1.807, 2.05) is 30.3 Å². The fourth-order valence-electron chi connectivity index (χ4n) is 2.05. The molecule has 2 aromatic rings. The minimum Gasteiger partial charge on any atom is -0.355 e. The van der Waals surface area contributed by atoms with Crippen LogP contribution >= 0.6 is 11.6 Å². The van der Waals surface area contributed by atoms with E-state index >= 15 is 0 Å². The zero-order valence-corrected chi connectivity index (χ0v) is 13.5. The third-order valence-electron chi connectivity index (χ3n) is 3.24. The summed E-state index contributed by atoms with van der Waals surface area (Å²) in [7, 11) is 1.52. The van der Waals surface area contributed by atoms with E-state index in [9.17, 15) is 9.59 Å². The molecule has 0 spiro atoms. The molecule has 0 aliphatic rings. The number of carbonyl (C=O) groups is 2. The van der Waals surface area contributed by atoms with Gasteiger partial charge in [-0.3, -0.25) is 4.79 Å². The Morgan fingerprint density at radius 3 is 2.52 bits per heavy atom. The summed E-state index contributed by atoms with van der Waals surface area (Å²) in [6.45, 7) is 0.520. The molecule has 0 fully saturated rings. The van der Waals surface area contributed by atoms with Crippen molar-refractivity contribution in [1.29, 1.82) is 0 Å². The lowest BCUT2D eigenvalue weighted by atomic mass is 10.1. The number of hydrogen-bond acceptors (Lipinski definition) is 2. The average molecular weight is 332 g/mol. The fourth-order valence-corrected chi connectivity index (χ4v) is 2.26. The van der Waals surface area contributed by atoms with Gasteiger partial charge >= 0.3 is 6.03 Å². The van der Waals surface area contributed by atoms with Crippen LogP contribution in [0, 0.1) is 0 Å². The normalized spacial score (nSPS) is 10.0. The first-order valence-corrected chi connectivity index (χ1v) is 7.58. The highest BCUT2D eigenvalue weighted by Gasteiger charge is 2.10. The van der Waals surface area contributed by atoms with Gasteiger partial charge in [-0.15, -0.1) is 0 Å². The lowest BCUT2D eigenvalue weighted by Crippen LogP contribution is -2.30. The van der Waals surface area contributed by atoms with Crippen LogP contribution in [0.1, 0.15) is 15.9 Å².